The molecule has 0 aliphatic carbocycles. The second-order valence-corrected chi connectivity index (χ2v) is 10.9. The van der Waals surface area contributed by atoms with Crippen molar-refractivity contribution < 1.29 is 4.74 Å². The molecule has 1 fully saturated rings. The monoisotopic (exact) mass is 585 g/mol. The van der Waals surface area contributed by atoms with Gasteiger partial charge < -0.3 is 15.4 Å². The summed E-state index contributed by atoms with van der Waals surface area (Å²) in [4.78, 5) is 42.7. The third-order valence-corrected chi connectivity index (χ3v) is 8.21. The highest BCUT2D eigenvalue weighted by atomic mass is 16.5. The van der Waals surface area contributed by atoms with Crippen LogP contribution in [0.5, 0.6) is 5.75 Å². The highest BCUT2D eigenvalue weighted by Crippen LogP contribution is 2.32. The number of nitrogen functional groups attached to an aromatic ring is 1. The van der Waals surface area contributed by atoms with Crippen molar-refractivity contribution in [2.24, 2.45) is 0 Å². The quantitative estimate of drug-likeness (QED) is 0.277. The summed E-state index contributed by atoms with van der Waals surface area (Å²) >= 11 is 0. The van der Waals surface area contributed by atoms with Crippen LogP contribution in [0.4, 0.5) is 11.5 Å². The van der Waals surface area contributed by atoms with Crippen molar-refractivity contribution in [2.75, 3.05) is 43.9 Å². The summed E-state index contributed by atoms with van der Waals surface area (Å²) in [5.41, 5.74) is 12.0. The zero-order chi connectivity index (χ0) is 30.2. The van der Waals surface area contributed by atoms with Gasteiger partial charge in [-0.3, -0.25) is 19.1 Å². The van der Waals surface area contributed by atoms with E-state index in [-0.39, 0.29) is 5.75 Å². The van der Waals surface area contributed by atoms with E-state index in [9.17, 15) is 9.59 Å². The molecule has 6 aromatic rings. The average molecular weight is 586 g/mol. The minimum Gasteiger partial charge on any atom is -0.491 e. The largest absolute Gasteiger partial charge is 0.491 e. The summed E-state index contributed by atoms with van der Waals surface area (Å²) in [6.07, 6.45) is 2.55. The maximum Gasteiger partial charge on any atom is 0.272 e. The lowest BCUT2D eigenvalue weighted by Crippen LogP contribution is -2.42. The summed E-state index contributed by atoms with van der Waals surface area (Å²) in [6.45, 7) is 3.79. The Kier molecular flexibility index (Phi) is 7.11. The van der Waals surface area contributed by atoms with Crippen LogP contribution in [0.15, 0.2) is 94.6 Å². The molecule has 4 heterocycles. The van der Waals surface area contributed by atoms with E-state index in [0.717, 1.165) is 59.7 Å². The molecule has 1 aliphatic heterocycles. The summed E-state index contributed by atoms with van der Waals surface area (Å²) in [7, 11) is 1.44. The molecule has 0 saturated carbocycles. The van der Waals surface area contributed by atoms with Gasteiger partial charge in [-0.15, -0.1) is 0 Å². The number of methoxy groups -OCH3 is 1. The lowest BCUT2D eigenvalue weighted by Gasteiger charge is -2.25. The van der Waals surface area contributed by atoms with E-state index >= 15 is 0 Å². The minimum absolute atomic E-state index is 0.184. The number of rotatable bonds is 7. The zero-order valence-electron chi connectivity index (χ0n) is 24.3. The molecule has 44 heavy (non-hydrogen) atoms. The predicted molar refractivity (Wildman–Crippen MR) is 172 cm³/mol. The van der Waals surface area contributed by atoms with Crippen molar-refractivity contribution in [2.45, 2.75) is 13.0 Å². The lowest BCUT2D eigenvalue weighted by atomic mass is 10.1. The lowest BCUT2D eigenvalue weighted by molar-refractivity contribution is 0.285. The number of pyridine rings is 2. The van der Waals surface area contributed by atoms with E-state index in [0.29, 0.717) is 30.4 Å². The second-order valence-electron chi connectivity index (χ2n) is 10.9. The first-order valence-corrected chi connectivity index (χ1v) is 14.6. The van der Waals surface area contributed by atoms with Crippen LogP contribution >= 0.6 is 0 Å². The molecule has 220 valence electrons. The van der Waals surface area contributed by atoms with Gasteiger partial charge in [0.2, 0.25) is 0 Å². The third kappa shape index (κ3) is 4.88. The number of nitrogens with two attached hydrogens (primary N) is 1. The van der Waals surface area contributed by atoms with Crippen LogP contribution in [-0.2, 0) is 6.54 Å². The fraction of sp³-hybridized carbons (Fsp3) is 0.206. The molecule has 10 heteroatoms. The van der Waals surface area contributed by atoms with Crippen molar-refractivity contribution in [3.8, 4) is 34.1 Å². The maximum absolute atomic E-state index is 12.2. The van der Waals surface area contributed by atoms with Gasteiger partial charge in [0, 0.05) is 50.2 Å². The van der Waals surface area contributed by atoms with Crippen LogP contribution < -0.4 is 26.2 Å². The van der Waals surface area contributed by atoms with Crippen LogP contribution in [0.1, 0.15) is 12.0 Å². The number of aromatic nitrogens is 4. The standard InChI is InChI=1S/C34H31N7O3/c1-44-31-28(29(42)30(31)43)40-18-6-17-39(19-20-40)21-22-10-12-24(13-11-22)41-33(25-9-5-16-36-32(25)35)38-27-15-14-26(37-34(27)41)23-7-3-2-4-8-23/h2-5,7-16H,6,17-21H2,1H3,(H2,35,36). The van der Waals surface area contributed by atoms with Gasteiger partial charge in [-0.25, -0.2) is 15.0 Å². The van der Waals surface area contributed by atoms with E-state index in [1.54, 1.807) is 6.20 Å². The number of benzene rings is 2. The predicted octanol–water partition coefficient (Wildman–Crippen LogP) is 4.05. The molecule has 3 aromatic heterocycles. The van der Waals surface area contributed by atoms with Gasteiger partial charge >= 0.3 is 0 Å². The zero-order valence-corrected chi connectivity index (χ0v) is 24.3. The van der Waals surface area contributed by atoms with Gasteiger partial charge in [0.05, 0.1) is 18.4 Å². The average Bonchev–Trinajstić information content (AvgIpc) is 3.29. The Hall–Kier alpha value is -5.35. The first-order valence-electron chi connectivity index (χ1n) is 14.6. The van der Waals surface area contributed by atoms with E-state index in [4.69, 9.17) is 20.4 Å². The van der Waals surface area contributed by atoms with E-state index < -0.39 is 10.9 Å². The number of ether oxygens (including phenoxy) is 1. The first-order chi connectivity index (χ1) is 21.5. The van der Waals surface area contributed by atoms with Crippen LogP contribution in [-0.4, -0.2) is 57.7 Å². The van der Waals surface area contributed by atoms with E-state index in [1.165, 1.54) is 12.7 Å². The molecule has 3 aromatic carbocycles. The summed E-state index contributed by atoms with van der Waals surface area (Å²) in [5, 5.41) is 0. The van der Waals surface area contributed by atoms with Crippen molar-refractivity contribution >= 4 is 22.7 Å². The van der Waals surface area contributed by atoms with E-state index in [2.05, 4.69) is 34.1 Å². The number of nitrogens with zero attached hydrogens (tertiary/aromatic N) is 6. The Morgan fingerprint density at radius 2 is 1.66 bits per heavy atom. The molecule has 7 rings (SSSR count). The molecule has 0 bridgehead atoms. The highest BCUT2D eigenvalue weighted by molar-refractivity contribution is 5.84. The topological polar surface area (TPSA) is 119 Å². The Labute approximate surface area is 253 Å². The number of hydrogen-bond acceptors (Lipinski definition) is 9. The highest BCUT2D eigenvalue weighted by Gasteiger charge is 2.28. The second kappa shape index (κ2) is 11.4. The molecule has 2 N–H and O–H groups in total. The molecule has 10 nitrogen and oxygen atoms in total. The molecule has 1 aliphatic rings. The number of anilines is 2. The molecule has 0 spiro atoms. The van der Waals surface area contributed by atoms with Gasteiger partial charge in [0.25, 0.3) is 10.9 Å². The first kappa shape index (κ1) is 27.5. The van der Waals surface area contributed by atoms with Crippen molar-refractivity contribution in [1.29, 1.82) is 0 Å². The fourth-order valence-corrected chi connectivity index (χ4v) is 5.96. The fourth-order valence-electron chi connectivity index (χ4n) is 5.96. The molecule has 0 atom stereocenters. The minimum atomic E-state index is -0.532. The van der Waals surface area contributed by atoms with Gasteiger partial charge in [-0.2, -0.15) is 0 Å². The molecule has 0 unspecified atom stereocenters. The Balaban J connectivity index is 1.18. The molecular formula is C34H31N7O3. The summed E-state index contributed by atoms with van der Waals surface area (Å²) < 4.78 is 7.21. The Morgan fingerprint density at radius 1 is 0.841 bits per heavy atom. The third-order valence-electron chi connectivity index (χ3n) is 8.21. The molecule has 0 amide bonds. The smallest absolute Gasteiger partial charge is 0.272 e. The van der Waals surface area contributed by atoms with Crippen molar-refractivity contribution in [3.05, 3.63) is 111 Å². The van der Waals surface area contributed by atoms with Crippen LogP contribution in [0.2, 0.25) is 0 Å². The van der Waals surface area contributed by atoms with Crippen LogP contribution in [0.3, 0.4) is 0 Å². The Bertz CT molecular complexity index is 2030. The number of imidazole rings is 1. The SMILES string of the molecule is COc1c(N2CCCN(Cc3ccc(-n4c(-c5cccnc5N)nc5ccc(-c6ccccc6)nc54)cc3)CC2)c(=O)c1=O. The molecule has 0 radical (unpaired) electrons. The normalized spacial score (nSPS) is 14.2. The Morgan fingerprint density at radius 3 is 2.43 bits per heavy atom. The van der Waals surface area contributed by atoms with Gasteiger partial charge in [-0.05, 0) is 48.4 Å². The molecular weight excluding hydrogens is 554 g/mol. The van der Waals surface area contributed by atoms with Gasteiger partial charge in [0.15, 0.2) is 17.2 Å². The van der Waals surface area contributed by atoms with Crippen molar-refractivity contribution in [3.63, 3.8) is 0 Å². The summed E-state index contributed by atoms with van der Waals surface area (Å²) in [5.74, 6) is 1.27. The van der Waals surface area contributed by atoms with Gasteiger partial charge in [0.1, 0.15) is 17.0 Å². The number of hydrogen-bond donors (Lipinski definition) is 1. The number of fused-ring (bicyclic) bond motifs is 1. The van der Waals surface area contributed by atoms with Gasteiger partial charge in [-0.1, -0.05) is 42.5 Å². The molecule has 1 saturated heterocycles. The van der Waals surface area contributed by atoms with E-state index in [1.807, 2.05) is 64.1 Å². The maximum atomic E-state index is 12.2. The van der Waals surface area contributed by atoms with Crippen LogP contribution in [0.25, 0.3) is 39.5 Å². The van der Waals surface area contributed by atoms with Crippen molar-refractivity contribution in [1.82, 2.24) is 24.4 Å². The van der Waals surface area contributed by atoms with Crippen LogP contribution in [0, 0.1) is 0 Å². The summed E-state index contributed by atoms with van der Waals surface area (Å²) in [6, 6.07) is 26.3.